The highest BCUT2D eigenvalue weighted by atomic mass is 16.2. The summed E-state index contributed by atoms with van der Waals surface area (Å²) in [5, 5.41) is 6.09. The first-order valence-electron chi connectivity index (χ1n) is 8.93. The van der Waals surface area contributed by atoms with Gasteiger partial charge in [0.15, 0.2) is 0 Å². The Morgan fingerprint density at radius 3 is 2.88 bits per heavy atom. The average Bonchev–Trinajstić information content (AvgIpc) is 2.90. The normalized spacial score (nSPS) is 29.0. The van der Waals surface area contributed by atoms with Crippen molar-refractivity contribution >= 4 is 17.6 Å². The fourth-order valence-corrected chi connectivity index (χ4v) is 4.24. The number of hydrogen-bond acceptors (Lipinski definition) is 3. The Balaban J connectivity index is 1.30. The molecule has 4 rings (SSSR count). The number of nitrogens with one attached hydrogen (secondary N) is 2. The van der Waals surface area contributed by atoms with Crippen molar-refractivity contribution in [1.29, 1.82) is 0 Å². The van der Waals surface area contributed by atoms with Crippen LogP contribution in [-0.4, -0.2) is 41.0 Å². The molecule has 24 heavy (non-hydrogen) atoms. The fourth-order valence-electron chi connectivity index (χ4n) is 4.24. The van der Waals surface area contributed by atoms with Gasteiger partial charge in [-0.15, -0.1) is 0 Å². The molecule has 2 aliphatic carbocycles. The number of aromatic nitrogens is 1. The molecule has 6 heteroatoms. The van der Waals surface area contributed by atoms with Crippen molar-refractivity contribution in [2.45, 2.75) is 44.6 Å². The fraction of sp³-hybridized carbons (Fsp3) is 0.611. The monoisotopic (exact) mass is 328 g/mol. The van der Waals surface area contributed by atoms with Crippen LogP contribution in [-0.2, 0) is 4.79 Å². The minimum Gasteiger partial charge on any atom is -0.335 e. The second kappa shape index (κ2) is 6.07. The highest BCUT2D eigenvalue weighted by molar-refractivity contribution is 5.95. The maximum absolute atomic E-state index is 12.4. The molecule has 1 aromatic rings. The van der Waals surface area contributed by atoms with Gasteiger partial charge in [0.1, 0.15) is 0 Å². The highest BCUT2D eigenvalue weighted by Gasteiger charge is 2.61. The molecule has 6 nitrogen and oxygen atoms in total. The Labute approximate surface area is 142 Å². The first-order chi connectivity index (χ1) is 11.7. The van der Waals surface area contributed by atoms with Crippen LogP contribution in [0.1, 0.15) is 38.5 Å². The van der Waals surface area contributed by atoms with Gasteiger partial charge < -0.3 is 15.5 Å². The predicted octanol–water partition coefficient (Wildman–Crippen LogP) is 2.38. The number of anilines is 1. The Kier molecular flexibility index (Phi) is 3.90. The second-order valence-corrected chi connectivity index (χ2v) is 7.45. The number of rotatable bonds is 3. The molecule has 1 spiro atoms. The summed E-state index contributed by atoms with van der Waals surface area (Å²) in [5.41, 5.74) is 0.734. The Morgan fingerprint density at radius 2 is 2.12 bits per heavy atom. The van der Waals surface area contributed by atoms with E-state index in [1.807, 2.05) is 17.0 Å². The van der Waals surface area contributed by atoms with Crippen LogP contribution in [0.3, 0.4) is 0 Å². The number of hydrogen-bond donors (Lipinski definition) is 2. The summed E-state index contributed by atoms with van der Waals surface area (Å²) in [5.74, 6) is 0.0723. The lowest BCUT2D eigenvalue weighted by Gasteiger charge is -2.20. The quantitative estimate of drug-likeness (QED) is 0.894. The molecular formula is C18H24N4O2. The van der Waals surface area contributed by atoms with E-state index in [0.29, 0.717) is 12.6 Å². The van der Waals surface area contributed by atoms with Gasteiger partial charge in [0.05, 0.1) is 11.9 Å². The zero-order valence-electron chi connectivity index (χ0n) is 13.8. The number of amides is 3. The predicted molar refractivity (Wildman–Crippen MR) is 90.4 cm³/mol. The molecule has 0 aromatic carbocycles. The highest BCUT2D eigenvalue weighted by Crippen LogP contribution is 2.58. The van der Waals surface area contributed by atoms with Crippen LogP contribution in [0.25, 0.3) is 0 Å². The lowest BCUT2D eigenvalue weighted by molar-refractivity contribution is -0.118. The average molecular weight is 328 g/mol. The van der Waals surface area contributed by atoms with Crippen molar-refractivity contribution < 1.29 is 9.59 Å². The van der Waals surface area contributed by atoms with Crippen LogP contribution in [0.2, 0.25) is 0 Å². The number of urea groups is 1. The number of likely N-dealkylation sites (tertiary alicyclic amines) is 1. The van der Waals surface area contributed by atoms with Crippen LogP contribution in [0.5, 0.6) is 0 Å². The van der Waals surface area contributed by atoms with E-state index in [-0.39, 0.29) is 23.3 Å². The Bertz CT molecular complexity index is 629. The summed E-state index contributed by atoms with van der Waals surface area (Å²) in [6, 6.07) is 4.05. The van der Waals surface area contributed by atoms with Crippen LogP contribution >= 0.6 is 0 Å². The van der Waals surface area contributed by atoms with Gasteiger partial charge in [-0.2, -0.15) is 0 Å². The summed E-state index contributed by atoms with van der Waals surface area (Å²) in [6.07, 6.45) is 9.77. The molecule has 128 valence electrons. The zero-order chi connectivity index (χ0) is 16.6. The van der Waals surface area contributed by atoms with Gasteiger partial charge in [-0.25, -0.2) is 4.79 Å². The molecular weight excluding hydrogens is 304 g/mol. The Morgan fingerprint density at radius 1 is 1.29 bits per heavy atom. The molecule has 1 saturated heterocycles. The second-order valence-electron chi connectivity index (χ2n) is 7.45. The van der Waals surface area contributed by atoms with Gasteiger partial charge >= 0.3 is 6.03 Å². The van der Waals surface area contributed by atoms with E-state index >= 15 is 0 Å². The SMILES string of the molecule is O=C(Nc1cccnc1)[C@@H]1C[C@@]12CCN(C(=O)NC1CCCC1)C2. The molecule has 0 radical (unpaired) electrons. The van der Waals surface area contributed by atoms with E-state index in [9.17, 15) is 9.59 Å². The van der Waals surface area contributed by atoms with E-state index in [1.54, 1.807) is 12.4 Å². The number of pyridine rings is 1. The molecule has 3 amide bonds. The van der Waals surface area contributed by atoms with Crippen molar-refractivity contribution in [3.05, 3.63) is 24.5 Å². The summed E-state index contributed by atoms with van der Waals surface area (Å²) >= 11 is 0. The molecule has 0 unspecified atom stereocenters. The smallest absolute Gasteiger partial charge is 0.317 e. The molecule has 3 aliphatic rings. The van der Waals surface area contributed by atoms with Crippen LogP contribution in [0.4, 0.5) is 10.5 Å². The van der Waals surface area contributed by atoms with E-state index < -0.39 is 0 Å². The van der Waals surface area contributed by atoms with E-state index in [1.165, 1.54) is 12.8 Å². The van der Waals surface area contributed by atoms with Gasteiger partial charge in [0.2, 0.25) is 5.91 Å². The van der Waals surface area contributed by atoms with Gasteiger partial charge in [-0.3, -0.25) is 9.78 Å². The minimum atomic E-state index is -0.000686. The summed E-state index contributed by atoms with van der Waals surface area (Å²) in [6.45, 7) is 1.46. The third-order valence-corrected chi connectivity index (χ3v) is 5.79. The third kappa shape index (κ3) is 2.97. The molecule has 2 N–H and O–H groups in total. The van der Waals surface area contributed by atoms with Gasteiger partial charge in [-0.05, 0) is 37.8 Å². The largest absolute Gasteiger partial charge is 0.335 e. The maximum Gasteiger partial charge on any atom is 0.317 e. The standard InChI is InChI=1S/C18H24N4O2/c23-16(20-14-6-3-8-19-11-14)15-10-18(15)7-9-22(12-18)17(24)21-13-4-1-2-5-13/h3,6,8,11,13,15H,1-2,4-5,7,9-10,12H2,(H,20,23)(H,21,24)/t15-,18+/m0/s1. The minimum absolute atomic E-state index is 0.000686. The first-order valence-corrected chi connectivity index (χ1v) is 8.93. The first kappa shape index (κ1) is 15.4. The summed E-state index contributed by atoms with van der Waals surface area (Å²) in [4.78, 5) is 30.7. The summed E-state index contributed by atoms with van der Waals surface area (Å²) in [7, 11) is 0. The van der Waals surface area contributed by atoms with Gasteiger partial charge in [0, 0.05) is 36.7 Å². The van der Waals surface area contributed by atoms with Crippen molar-refractivity contribution in [2.24, 2.45) is 11.3 Å². The number of carbonyl (C=O) groups is 2. The molecule has 0 bridgehead atoms. The van der Waals surface area contributed by atoms with Gasteiger partial charge in [0.25, 0.3) is 0 Å². The summed E-state index contributed by atoms with van der Waals surface area (Å²) < 4.78 is 0. The molecule has 2 heterocycles. The van der Waals surface area contributed by atoms with Crippen molar-refractivity contribution in [3.63, 3.8) is 0 Å². The maximum atomic E-state index is 12.4. The lowest BCUT2D eigenvalue weighted by Crippen LogP contribution is -2.43. The molecule has 1 aromatic heterocycles. The lowest BCUT2D eigenvalue weighted by atomic mass is 10.0. The van der Waals surface area contributed by atoms with Crippen LogP contribution in [0, 0.1) is 11.3 Å². The van der Waals surface area contributed by atoms with Crippen molar-refractivity contribution in [3.8, 4) is 0 Å². The van der Waals surface area contributed by atoms with Crippen molar-refractivity contribution in [2.75, 3.05) is 18.4 Å². The molecule has 2 atom stereocenters. The topological polar surface area (TPSA) is 74.3 Å². The van der Waals surface area contributed by atoms with E-state index in [0.717, 1.165) is 37.9 Å². The molecule has 3 fully saturated rings. The van der Waals surface area contributed by atoms with E-state index in [2.05, 4.69) is 15.6 Å². The number of nitrogens with zero attached hydrogens (tertiary/aromatic N) is 2. The van der Waals surface area contributed by atoms with Crippen LogP contribution in [0.15, 0.2) is 24.5 Å². The third-order valence-electron chi connectivity index (χ3n) is 5.79. The van der Waals surface area contributed by atoms with E-state index in [4.69, 9.17) is 0 Å². The molecule has 2 saturated carbocycles. The van der Waals surface area contributed by atoms with Gasteiger partial charge in [-0.1, -0.05) is 12.8 Å². The zero-order valence-corrected chi connectivity index (χ0v) is 13.8. The Hall–Kier alpha value is -2.11. The van der Waals surface area contributed by atoms with Crippen LogP contribution < -0.4 is 10.6 Å². The molecule has 1 aliphatic heterocycles. The number of carbonyl (C=O) groups excluding carboxylic acids is 2. The van der Waals surface area contributed by atoms with Crippen molar-refractivity contribution in [1.82, 2.24) is 15.2 Å².